The number of likely N-dealkylation sites (tertiary alicyclic amines) is 2. The largest absolute Gasteiger partial charge is 0.390 e. The first-order valence-electron chi connectivity index (χ1n) is 10.8. The standard InChI is InChI=1S/C23H35N3O/c1-21-12-22(2,14-25(3)13-21)16-26(15-21)19-17-6-4-5-7-18(17)23(20(19)27)8-10-24-11-9-23/h4-7,19-20,24,27H,8-16H2,1-3H3/t19-,20+,21?,22?/m1/s1. The number of rotatable bonds is 1. The molecule has 1 spiro atoms. The van der Waals surface area contributed by atoms with Crippen LogP contribution in [0.4, 0.5) is 0 Å². The number of aliphatic hydroxyl groups excluding tert-OH is 1. The van der Waals surface area contributed by atoms with Gasteiger partial charge < -0.3 is 15.3 Å². The summed E-state index contributed by atoms with van der Waals surface area (Å²) in [6.07, 6.45) is 3.11. The predicted molar refractivity (Wildman–Crippen MR) is 109 cm³/mol. The van der Waals surface area contributed by atoms with Crippen LogP contribution in [-0.4, -0.2) is 67.3 Å². The Morgan fingerprint density at radius 3 is 2.30 bits per heavy atom. The molecular formula is C23H35N3O. The molecule has 0 amide bonds. The van der Waals surface area contributed by atoms with Gasteiger partial charge in [0.2, 0.25) is 0 Å². The lowest BCUT2D eigenvalue weighted by Crippen LogP contribution is -2.62. The van der Waals surface area contributed by atoms with Crippen LogP contribution in [0.2, 0.25) is 0 Å². The van der Waals surface area contributed by atoms with Crippen molar-refractivity contribution in [2.24, 2.45) is 10.8 Å². The summed E-state index contributed by atoms with van der Waals surface area (Å²) in [6.45, 7) is 11.5. The lowest BCUT2D eigenvalue weighted by Gasteiger charge is -2.58. The third kappa shape index (κ3) is 2.71. The molecule has 4 atom stereocenters. The fourth-order valence-electron chi connectivity index (χ4n) is 7.62. The molecule has 3 aliphatic heterocycles. The van der Waals surface area contributed by atoms with E-state index in [1.807, 2.05) is 0 Å². The van der Waals surface area contributed by atoms with Gasteiger partial charge >= 0.3 is 0 Å². The predicted octanol–water partition coefficient (Wildman–Crippen LogP) is 2.39. The fourth-order valence-corrected chi connectivity index (χ4v) is 7.62. The first-order valence-corrected chi connectivity index (χ1v) is 10.8. The van der Waals surface area contributed by atoms with E-state index in [0.29, 0.717) is 10.8 Å². The van der Waals surface area contributed by atoms with Crippen molar-refractivity contribution < 1.29 is 5.11 Å². The number of nitrogens with zero attached hydrogens (tertiary/aromatic N) is 2. The summed E-state index contributed by atoms with van der Waals surface area (Å²) in [5, 5.41) is 15.2. The van der Waals surface area contributed by atoms with Gasteiger partial charge in [-0.1, -0.05) is 38.1 Å². The second-order valence-corrected chi connectivity index (χ2v) is 10.8. The third-order valence-corrected chi connectivity index (χ3v) is 7.90. The van der Waals surface area contributed by atoms with E-state index >= 15 is 0 Å². The quantitative estimate of drug-likeness (QED) is 0.797. The Bertz CT molecular complexity index is 710. The van der Waals surface area contributed by atoms with Crippen molar-refractivity contribution in [3.63, 3.8) is 0 Å². The molecule has 1 aliphatic carbocycles. The molecule has 0 saturated carbocycles. The molecule has 3 heterocycles. The first kappa shape index (κ1) is 18.1. The van der Waals surface area contributed by atoms with Crippen LogP contribution in [-0.2, 0) is 5.41 Å². The number of fused-ring (bicyclic) bond motifs is 4. The van der Waals surface area contributed by atoms with Gasteiger partial charge in [-0.05, 0) is 61.4 Å². The van der Waals surface area contributed by atoms with Crippen LogP contribution in [0, 0.1) is 10.8 Å². The molecule has 4 heteroatoms. The average Bonchev–Trinajstić information content (AvgIpc) is 2.82. The summed E-state index contributed by atoms with van der Waals surface area (Å²) >= 11 is 0. The van der Waals surface area contributed by atoms with Gasteiger partial charge in [0.05, 0.1) is 12.1 Å². The van der Waals surface area contributed by atoms with E-state index in [2.05, 4.69) is 60.3 Å². The van der Waals surface area contributed by atoms with E-state index in [9.17, 15) is 5.11 Å². The Hall–Kier alpha value is -0.940. The van der Waals surface area contributed by atoms with Gasteiger partial charge in [-0.25, -0.2) is 0 Å². The molecule has 0 aromatic heterocycles. The molecule has 1 aromatic rings. The Balaban J connectivity index is 1.54. The van der Waals surface area contributed by atoms with Crippen LogP contribution in [0.5, 0.6) is 0 Å². The Labute approximate surface area is 163 Å². The van der Waals surface area contributed by atoms with E-state index < -0.39 is 0 Å². The van der Waals surface area contributed by atoms with Crippen molar-refractivity contribution in [3.05, 3.63) is 35.4 Å². The number of hydrogen-bond acceptors (Lipinski definition) is 4. The van der Waals surface area contributed by atoms with Crippen LogP contribution >= 0.6 is 0 Å². The molecule has 5 rings (SSSR count). The van der Waals surface area contributed by atoms with Crippen molar-refractivity contribution in [2.75, 3.05) is 46.3 Å². The minimum atomic E-state index is -0.291. The van der Waals surface area contributed by atoms with Crippen LogP contribution in [0.25, 0.3) is 0 Å². The SMILES string of the molecule is CN1CC2(C)CN([C@@H]3c4ccccc4C4(CCNCC4)[C@H]3O)CC(C)(C1)C2. The Morgan fingerprint density at radius 1 is 1.00 bits per heavy atom. The van der Waals surface area contributed by atoms with E-state index in [0.717, 1.165) is 39.0 Å². The zero-order chi connectivity index (χ0) is 18.9. The monoisotopic (exact) mass is 369 g/mol. The fraction of sp³-hybridized carbons (Fsp3) is 0.739. The van der Waals surface area contributed by atoms with Gasteiger partial charge in [0.25, 0.3) is 0 Å². The van der Waals surface area contributed by atoms with Gasteiger partial charge in [-0.15, -0.1) is 0 Å². The van der Waals surface area contributed by atoms with Crippen molar-refractivity contribution in [1.29, 1.82) is 0 Å². The Kier molecular flexibility index (Phi) is 4.04. The minimum Gasteiger partial charge on any atom is -0.390 e. The maximum Gasteiger partial charge on any atom is 0.0834 e. The van der Waals surface area contributed by atoms with Crippen molar-refractivity contribution in [3.8, 4) is 0 Å². The number of nitrogens with one attached hydrogen (secondary N) is 1. The summed E-state index contributed by atoms with van der Waals surface area (Å²) in [6, 6.07) is 9.08. The average molecular weight is 370 g/mol. The van der Waals surface area contributed by atoms with E-state index in [-0.39, 0.29) is 17.6 Å². The van der Waals surface area contributed by atoms with Gasteiger partial charge in [0.15, 0.2) is 0 Å². The zero-order valence-electron chi connectivity index (χ0n) is 17.2. The van der Waals surface area contributed by atoms with Gasteiger partial charge in [-0.3, -0.25) is 4.90 Å². The van der Waals surface area contributed by atoms with Crippen molar-refractivity contribution >= 4 is 0 Å². The first-order chi connectivity index (χ1) is 12.8. The molecule has 2 bridgehead atoms. The second-order valence-electron chi connectivity index (χ2n) is 10.8. The zero-order valence-corrected chi connectivity index (χ0v) is 17.2. The lowest BCUT2D eigenvalue weighted by molar-refractivity contribution is -0.104. The number of piperidine rings is 3. The molecule has 0 radical (unpaired) electrons. The van der Waals surface area contributed by atoms with Crippen LogP contribution in [0.3, 0.4) is 0 Å². The summed E-state index contributed by atoms with van der Waals surface area (Å²) in [4.78, 5) is 5.19. The number of hydrogen-bond donors (Lipinski definition) is 2. The van der Waals surface area contributed by atoms with Gasteiger partial charge in [0, 0.05) is 31.6 Å². The van der Waals surface area contributed by atoms with E-state index in [4.69, 9.17) is 0 Å². The van der Waals surface area contributed by atoms with E-state index in [1.165, 1.54) is 30.6 Å². The van der Waals surface area contributed by atoms with Crippen LogP contribution in [0.1, 0.15) is 50.3 Å². The van der Waals surface area contributed by atoms with Gasteiger partial charge in [0.1, 0.15) is 0 Å². The number of benzene rings is 1. The van der Waals surface area contributed by atoms with Gasteiger partial charge in [-0.2, -0.15) is 0 Å². The Morgan fingerprint density at radius 2 is 1.63 bits per heavy atom. The second kappa shape index (κ2) is 6.03. The summed E-state index contributed by atoms with van der Waals surface area (Å²) < 4.78 is 0. The highest BCUT2D eigenvalue weighted by atomic mass is 16.3. The topological polar surface area (TPSA) is 38.7 Å². The maximum atomic E-state index is 11.7. The molecule has 4 aliphatic rings. The van der Waals surface area contributed by atoms with Crippen LogP contribution in [0.15, 0.2) is 24.3 Å². The lowest BCUT2D eigenvalue weighted by atomic mass is 9.65. The molecular weight excluding hydrogens is 334 g/mol. The third-order valence-electron chi connectivity index (χ3n) is 7.90. The van der Waals surface area contributed by atoms with E-state index in [1.54, 1.807) is 0 Å². The molecule has 2 N–H and O–H groups in total. The molecule has 3 saturated heterocycles. The maximum absolute atomic E-state index is 11.7. The molecule has 1 aromatic carbocycles. The van der Waals surface area contributed by atoms with Crippen LogP contribution < -0.4 is 5.32 Å². The highest BCUT2D eigenvalue weighted by Gasteiger charge is 2.56. The van der Waals surface area contributed by atoms with Crippen molar-refractivity contribution in [1.82, 2.24) is 15.1 Å². The molecule has 4 nitrogen and oxygen atoms in total. The molecule has 3 fully saturated rings. The smallest absolute Gasteiger partial charge is 0.0834 e. The molecule has 2 unspecified atom stereocenters. The molecule has 148 valence electrons. The normalized spacial score (nSPS) is 41.6. The highest BCUT2D eigenvalue weighted by molar-refractivity contribution is 5.45. The number of aliphatic hydroxyl groups is 1. The molecule has 27 heavy (non-hydrogen) atoms. The highest BCUT2D eigenvalue weighted by Crippen LogP contribution is 2.55. The van der Waals surface area contributed by atoms with Crippen molar-refractivity contribution in [2.45, 2.75) is 50.7 Å². The minimum absolute atomic E-state index is 0.0579. The summed E-state index contributed by atoms with van der Waals surface area (Å²) in [7, 11) is 2.27. The summed E-state index contributed by atoms with van der Waals surface area (Å²) in [5.41, 5.74) is 3.40. The summed E-state index contributed by atoms with van der Waals surface area (Å²) in [5.74, 6) is 0.